The van der Waals surface area contributed by atoms with E-state index in [1.165, 1.54) is 11.8 Å². The van der Waals surface area contributed by atoms with Crippen LogP contribution in [0.5, 0.6) is 11.5 Å². The first-order valence-corrected chi connectivity index (χ1v) is 9.22. The van der Waals surface area contributed by atoms with Crippen LogP contribution >= 0.6 is 23.4 Å². The van der Waals surface area contributed by atoms with E-state index in [1.54, 1.807) is 7.11 Å². The first-order chi connectivity index (χ1) is 12.7. The van der Waals surface area contributed by atoms with Gasteiger partial charge in [0.05, 0.1) is 13.7 Å². The minimum atomic E-state index is 0.245. The van der Waals surface area contributed by atoms with Gasteiger partial charge in [-0.25, -0.2) is 0 Å². The topological polar surface area (TPSA) is 66.6 Å². The lowest BCUT2D eigenvalue weighted by atomic mass is 10.1. The molecule has 8 heteroatoms. The van der Waals surface area contributed by atoms with Gasteiger partial charge in [-0.15, -0.1) is 10.2 Å². The molecule has 4 rings (SSSR count). The zero-order valence-electron chi connectivity index (χ0n) is 13.9. The Labute approximate surface area is 159 Å². The molecule has 3 aromatic rings. The van der Waals surface area contributed by atoms with E-state index in [0.29, 0.717) is 28.5 Å². The Morgan fingerprint density at radius 3 is 2.85 bits per heavy atom. The summed E-state index contributed by atoms with van der Waals surface area (Å²) in [5.74, 6) is 2.67. The zero-order chi connectivity index (χ0) is 17.9. The van der Waals surface area contributed by atoms with Crippen molar-refractivity contribution in [2.24, 2.45) is 0 Å². The molecule has 1 aliphatic heterocycles. The SMILES string of the molecule is COc1ccc(-c2nnc(SCc3cc(Cl)cc4c3OCOC4)o2)cc1. The van der Waals surface area contributed by atoms with Crippen molar-refractivity contribution in [3.8, 4) is 23.0 Å². The van der Waals surface area contributed by atoms with E-state index >= 15 is 0 Å². The lowest BCUT2D eigenvalue weighted by Gasteiger charge is -2.20. The van der Waals surface area contributed by atoms with Crippen LogP contribution in [0.1, 0.15) is 11.1 Å². The molecule has 2 aromatic carbocycles. The molecule has 0 saturated heterocycles. The van der Waals surface area contributed by atoms with Crippen LogP contribution in [0.25, 0.3) is 11.5 Å². The van der Waals surface area contributed by atoms with Gasteiger partial charge in [-0.3, -0.25) is 0 Å². The molecule has 0 spiro atoms. The number of rotatable bonds is 5. The Bertz CT molecular complexity index is 914. The number of hydrogen-bond donors (Lipinski definition) is 0. The molecule has 26 heavy (non-hydrogen) atoms. The van der Waals surface area contributed by atoms with Gasteiger partial charge in [0.1, 0.15) is 11.5 Å². The summed E-state index contributed by atoms with van der Waals surface area (Å²) < 4.78 is 21.8. The van der Waals surface area contributed by atoms with Crippen LogP contribution in [0.15, 0.2) is 46.0 Å². The monoisotopic (exact) mass is 390 g/mol. The van der Waals surface area contributed by atoms with Crippen LogP contribution in [0.3, 0.4) is 0 Å². The second-order valence-corrected chi connectivity index (χ2v) is 6.92. The number of hydrogen-bond acceptors (Lipinski definition) is 7. The highest BCUT2D eigenvalue weighted by Gasteiger charge is 2.18. The third kappa shape index (κ3) is 3.65. The van der Waals surface area contributed by atoms with Gasteiger partial charge < -0.3 is 18.6 Å². The molecule has 0 amide bonds. The number of benzene rings is 2. The molecule has 6 nitrogen and oxygen atoms in total. The average molecular weight is 391 g/mol. The number of ether oxygens (including phenoxy) is 3. The molecule has 0 unspecified atom stereocenters. The molecule has 0 fully saturated rings. The predicted molar refractivity (Wildman–Crippen MR) is 97.6 cm³/mol. The van der Waals surface area contributed by atoms with Gasteiger partial charge in [-0.05, 0) is 36.4 Å². The van der Waals surface area contributed by atoms with Gasteiger partial charge in [-0.1, -0.05) is 23.4 Å². The van der Waals surface area contributed by atoms with E-state index in [-0.39, 0.29) is 6.79 Å². The molecule has 134 valence electrons. The lowest BCUT2D eigenvalue weighted by Crippen LogP contribution is -2.12. The summed E-state index contributed by atoms with van der Waals surface area (Å²) in [4.78, 5) is 0. The summed E-state index contributed by atoms with van der Waals surface area (Å²) in [7, 11) is 1.63. The fourth-order valence-electron chi connectivity index (χ4n) is 2.62. The Hall–Kier alpha value is -2.22. The molecule has 0 aliphatic carbocycles. The summed E-state index contributed by atoms with van der Waals surface area (Å²) in [5.41, 5.74) is 2.76. The Balaban J connectivity index is 1.49. The highest BCUT2D eigenvalue weighted by atomic mass is 35.5. The summed E-state index contributed by atoms with van der Waals surface area (Å²) >= 11 is 7.62. The largest absolute Gasteiger partial charge is 0.497 e. The fraction of sp³-hybridized carbons (Fsp3) is 0.222. The van der Waals surface area contributed by atoms with Crippen LogP contribution in [-0.4, -0.2) is 24.1 Å². The average Bonchev–Trinajstić information content (AvgIpc) is 3.15. The third-order valence-electron chi connectivity index (χ3n) is 3.85. The number of methoxy groups -OCH3 is 1. The molecule has 1 aromatic heterocycles. The minimum Gasteiger partial charge on any atom is -0.497 e. The quantitative estimate of drug-likeness (QED) is 0.591. The van der Waals surface area contributed by atoms with Gasteiger partial charge in [-0.2, -0.15) is 0 Å². The normalized spacial score (nSPS) is 13.2. The van der Waals surface area contributed by atoms with Crippen LogP contribution in [0.4, 0.5) is 0 Å². The molecule has 0 radical (unpaired) electrons. The number of thioether (sulfide) groups is 1. The van der Waals surface area contributed by atoms with Crippen molar-refractivity contribution in [3.05, 3.63) is 52.5 Å². The maximum Gasteiger partial charge on any atom is 0.277 e. The van der Waals surface area contributed by atoms with Crippen molar-refractivity contribution in [2.75, 3.05) is 13.9 Å². The van der Waals surface area contributed by atoms with Gasteiger partial charge >= 0.3 is 0 Å². The molecule has 0 atom stereocenters. The van der Waals surface area contributed by atoms with Gasteiger partial charge in [0.15, 0.2) is 6.79 Å². The van der Waals surface area contributed by atoms with Gasteiger partial charge in [0.25, 0.3) is 5.22 Å². The lowest BCUT2D eigenvalue weighted by molar-refractivity contribution is -0.0168. The first-order valence-electron chi connectivity index (χ1n) is 7.85. The molecular weight excluding hydrogens is 376 g/mol. The van der Waals surface area contributed by atoms with Crippen LogP contribution in [0.2, 0.25) is 5.02 Å². The maximum absolute atomic E-state index is 6.19. The number of nitrogens with zero attached hydrogens (tertiary/aromatic N) is 2. The minimum absolute atomic E-state index is 0.245. The van der Waals surface area contributed by atoms with Crippen LogP contribution in [0, 0.1) is 0 Å². The molecular formula is C18H15ClN2O4S. The Kier molecular flexibility index (Phi) is 5.01. The highest BCUT2D eigenvalue weighted by Crippen LogP contribution is 2.35. The van der Waals surface area contributed by atoms with E-state index in [0.717, 1.165) is 28.2 Å². The second-order valence-electron chi connectivity index (χ2n) is 5.55. The molecule has 2 heterocycles. The standard InChI is InChI=1S/C18H15ClN2O4S/c1-22-15-4-2-11(3-5-15)17-20-21-18(25-17)26-9-13-7-14(19)6-12-8-23-10-24-16(12)13/h2-7H,8-10H2,1H3. The number of aromatic nitrogens is 2. The van der Waals surface area contributed by atoms with Crippen LogP contribution in [-0.2, 0) is 17.1 Å². The van der Waals surface area contributed by atoms with Crippen molar-refractivity contribution in [3.63, 3.8) is 0 Å². The first kappa shape index (κ1) is 17.2. The summed E-state index contributed by atoms with van der Waals surface area (Å²) in [6.45, 7) is 0.740. The van der Waals surface area contributed by atoms with E-state index in [4.69, 9.17) is 30.2 Å². The molecule has 0 saturated carbocycles. The van der Waals surface area contributed by atoms with Crippen molar-refractivity contribution < 1.29 is 18.6 Å². The summed E-state index contributed by atoms with van der Waals surface area (Å²) in [6, 6.07) is 11.2. The fourth-order valence-corrected chi connectivity index (χ4v) is 3.61. The van der Waals surface area contributed by atoms with Crippen LogP contribution < -0.4 is 9.47 Å². The van der Waals surface area contributed by atoms with Crippen molar-refractivity contribution in [2.45, 2.75) is 17.6 Å². The van der Waals surface area contributed by atoms with Crippen molar-refractivity contribution >= 4 is 23.4 Å². The Morgan fingerprint density at radius 1 is 1.19 bits per heavy atom. The van der Waals surface area contributed by atoms with E-state index in [9.17, 15) is 0 Å². The Morgan fingerprint density at radius 2 is 2.04 bits per heavy atom. The summed E-state index contributed by atoms with van der Waals surface area (Å²) in [5, 5.41) is 9.34. The smallest absolute Gasteiger partial charge is 0.277 e. The van der Waals surface area contributed by atoms with Crippen molar-refractivity contribution in [1.82, 2.24) is 10.2 Å². The highest BCUT2D eigenvalue weighted by molar-refractivity contribution is 7.98. The predicted octanol–water partition coefficient (Wildman–Crippen LogP) is 4.56. The van der Waals surface area contributed by atoms with Gasteiger partial charge in [0.2, 0.25) is 5.89 Å². The van der Waals surface area contributed by atoms with Gasteiger partial charge in [0, 0.05) is 27.5 Å². The zero-order valence-corrected chi connectivity index (χ0v) is 15.5. The van der Waals surface area contributed by atoms with E-state index in [1.807, 2.05) is 36.4 Å². The molecule has 1 aliphatic rings. The second kappa shape index (κ2) is 7.57. The maximum atomic E-state index is 6.19. The number of halogens is 1. The van der Waals surface area contributed by atoms with Crippen molar-refractivity contribution in [1.29, 1.82) is 0 Å². The van der Waals surface area contributed by atoms with E-state index < -0.39 is 0 Å². The van der Waals surface area contributed by atoms with E-state index in [2.05, 4.69) is 10.2 Å². The molecule has 0 bridgehead atoms. The summed E-state index contributed by atoms with van der Waals surface area (Å²) in [6.07, 6.45) is 0. The number of fused-ring (bicyclic) bond motifs is 1. The third-order valence-corrected chi connectivity index (χ3v) is 4.93. The molecule has 0 N–H and O–H groups in total.